The Morgan fingerprint density at radius 2 is 1.86 bits per heavy atom. The molecule has 8 rings (SSSR count). The smallest absolute Gasteiger partial charge is 0.320 e. The van der Waals surface area contributed by atoms with E-state index in [9.17, 15) is 0 Å². The monoisotopic (exact) mass is 359 g/mol. The van der Waals surface area contributed by atoms with Crippen LogP contribution in [0.1, 0.15) is 11.1 Å². The SMILES string of the molecule is Cc1cc2c3c(c1)N1B(n4c5ccccc5c5cccc1c54)[n+]1ccn(c1-3)C2. The van der Waals surface area contributed by atoms with Crippen molar-refractivity contribution in [3.63, 3.8) is 0 Å². The molecular weight excluding hydrogens is 343 g/mol. The maximum absolute atomic E-state index is 2.54. The highest BCUT2D eigenvalue weighted by atomic mass is 15.4. The van der Waals surface area contributed by atoms with Crippen molar-refractivity contribution >= 4 is 40.3 Å². The van der Waals surface area contributed by atoms with Crippen LogP contribution >= 0.6 is 0 Å². The maximum Gasteiger partial charge on any atom is 0.643 e. The zero-order valence-corrected chi connectivity index (χ0v) is 15.4. The first-order chi connectivity index (χ1) is 13.8. The van der Waals surface area contributed by atoms with Gasteiger partial charge in [0.25, 0.3) is 5.82 Å². The number of anilines is 2. The van der Waals surface area contributed by atoms with E-state index in [1.165, 1.54) is 55.7 Å². The molecule has 28 heavy (non-hydrogen) atoms. The Labute approximate surface area is 162 Å². The van der Waals surface area contributed by atoms with Gasteiger partial charge < -0.3 is 9.29 Å². The molecule has 4 nitrogen and oxygen atoms in total. The molecule has 5 heteroatoms. The highest BCUT2D eigenvalue weighted by Gasteiger charge is 2.54. The number of fused-ring (bicyclic) bond motifs is 8. The number of imidazole rings is 1. The minimum absolute atomic E-state index is 0.108. The van der Waals surface area contributed by atoms with Crippen LogP contribution in [0, 0.1) is 6.92 Å². The lowest BCUT2D eigenvalue weighted by Crippen LogP contribution is -2.65. The van der Waals surface area contributed by atoms with Crippen LogP contribution in [0.25, 0.3) is 33.2 Å². The molecule has 5 aromatic rings. The standard InChI is InChI=1S/C23H16BN4/c1-14-11-15-13-25-9-10-26-23(25)21(15)20(12-14)27-19-8-4-6-17-16-5-2-3-7-18(16)28(22(17)19)24(26)27/h2-12H,13H2,1H3/q+1. The second-order valence-electron chi connectivity index (χ2n) is 8.25. The van der Waals surface area contributed by atoms with E-state index >= 15 is 0 Å². The van der Waals surface area contributed by atoms with Gasteiger partial charge in [-0.2, -0.15) is 0 Å². The fourth-order valence-electron chi connectivity index (χ4n) is 5.84. The number of aryl methyl sites for hydroxylation is 1. The fraction of sp³-hybridized carbons (Fsp3) is 0.0870. The van der Waals surface area contributed by atoms with Crippen molar-refractivity contribution in [3.8, 4) is 11.4 Å². The van der Waals surface area contributed by atoms with Gasteiger partial charge in [0.2, 0.25) is 0 Å². The van der Waals surface area contributed by atoms with Crippen LogP contribution in [0.15, 0.2) is 67.0 Å². The predicted molar refractivity (Wildman–Crippen MR) is 112 cm³/mol. The Bertz CT molecular complexity index is 1520. The van der Waals surface area contributed by atoms with Crippen LogP contribution in [-0.2, 0) is 6.54 Å². The summed E-state index contributed by atoms with van der Waals surface area (Å²) >= 11 is 0. The van der Waals surface area contributed by atoms with Crippen LogP contribution in [0.5, 0.6) is 0 Å². The second-order valence-corrected chi connectivity index (χ2v) is 8.25. The third-order valence-corrected chi connectivity index (χ3v) is 6.77. The summed E-state index contributed by atoms with van der Waals surface area (Å²) in [5.74, 6) is 1.34. The molecule has 3 aliphatic heterocycles. The van der Waals surface area contributed by atoms with Gasteiger partial charge in [0.15, 0.2) is 0 Å². The van der Waals surface area contributed by atoms with E-state index in [1.54, 1.807) is 0 Å². The molecule has 0 atom stereocenters. The average molecular weight is 359 g/mol. The van der Waals surface area contributed by atoms with Crippen molar-refractivity contribution < 1.29 is 4.48 Å². The van der Waals surface area contributed by atoms with Gasteiger partial charge in [-0.05, 0) is 30.7 Å². The molecule has 0 amide bonds. The summed E-state index contributed by atoms with van der Waals surface area (Å²) in [4.78, 5) is 2.54. The molecule has 0 fully saturated rings. The third-order valence-electron chi connectivity index (χ3n) is 6.77. The normalized spacial score (nSPS) is 15.0. The summed E-state index contributed by atoms with van der Waals surface area (Å²) < 4.78 is 7.39. The van der Waals surface area contributed by atoms with Crippen molar-refractivity contribution in [1.29, 1.82) is 0 Å². The van der Waals surface area contributed by atoms with E-state index in [-0.39, 0.29) is 7.12 Å². The Morgan fingerprint density at radius 3 is 2.82 bits per heavy atom. The summed E-state index contributed by atoms with van der Waals surface area (Å²) in [6, 6.07) is 20.3. The topological polar surface area (TPSA) is 17.0 Å². The lowest BCUT2D eigenvalue weighted by atomic mass is 9.83. The molecule has 0 saturated heterocycles. The van der Waals surface area contributed by atoms with Crippen molar-refractivity contribution in [2.24, 2.45) is 0 Å². The lowest BCUT2D eigenvalue weighted by molar-refractivity contribution is -0.527. The number of nitrogens with zero attached hydrogens (tertiary/aromatic N) is 4. The Hall–Kier alpha value is -3.47. The minimum atomic E-state index is 0.108. The number of hydrogen-bond donors (Lipinski definition) is 0. The van der Waals surface area contributed by atoms with Gasteiger partial charge in [-0.15, -0.1) is 0 Å². The fourth-order valence-corrected chi connectivity index (χ4v) is 5.84. The molecule has 3 aliphatic rings. The summed E-state index contributed by atoms with van der Waals surface area (Å²) in [6.07, 6.45) is 4.50. The zero-order valence-electron chi connectivity index (χ0n) is 15.4. The zero-order chi connectivity index (χ0) is 18.1. The van der Waals surface area contributed by atoms with Gasteiger partial charge >= 0.3 is 7.12 Å². The molecule has 0 saturated carbocycles. The van der Waals surface area contributed by atoms with Crippen molar-refractivity contribution in [1.82, 2.24) is 9.05 Å². The van der Waals surface area contributed by atoms with Gasteiger partial charge in [-0.25, -0.2) is 4.57 Å². The molecule has 0 N–H and O–H groups in total. The van der Waals surface area contributed by atoms with Crippen LogP contribution in [-0.4, -0.2) is 16.2 Å². The molecular formula is C23H16BN4+. The van der Waals surface area contributed by atoms with E-state index in [2.05, 4.69) is 92.2 Å². The molecule has 130 valence electrons. The number of para-hydroxylation sites is 2. The Morgan fingerprint density at radius 1 is 0.964 bits per heavy atom. The molecule has 3 aromatic carbocycles. The number of rotatable bonds is 0. The van der Waals surface area contributed by atoms with Crippen molar-refractivity contribution in [2.75, 3.05) is 4.81 Å². The van der Waals surface area contributed by atoms with E-state index in [4.69, 9.17) is 0 Å². The molecule has 5 heterocycles. The number of hydrogen-bond acceptors (Lipinski definition) is 1. The quantitative estimate of drug-likeness (QED) is 0.374. The van der Waals surface area contributed by atoms with Crippen molar-refractivity contribution in [2.45, 2.75) is 13.5 Å². The van der Waals surface area contributed by atoms with E-state index in [0.717, 1.165) is 6.54 Å². The maximum atomic E-state index is 2.54. The lowest BCUT2D eigenvalue weighted by Gasteiger charge is -2.29. The van der Waals surface area contributed by atoms with Gasteiger partial charge in [-0.1, -0.05) is 36.4 Å². The van der Waals surface area contributed by atoms with Crippen LogP contribution in [0.3, 0.4) is 0 Å². The Balaban J connectivity index is 1.61. The molecule has 0 unspecified atom stereocenters. The highest BCUT2D eigenvalue weighted by molar-refractivity contribution is 6.62. The number of benzene rings is 3. The molecule has 0 bridgehead atoms. The molecule has 2 aromatic heterocycles. The van der Waals surface area contributed by atoms with Crippen LogP contribution < -0.4 is 9.29 Å². The summed E-state index contributed by atoms with van der Waals surface area (Å²) in [5.41, 5.74) is 9.48. The molecule has 0 aliphatic carbocycles. The van der Waals surface area contributed by atoms with Crippen LogP contribution in [0.2, 0.25) is 0 Å². The Kier molecular flexibility index (Phi) is 2.04. The predicted octanol–water partition coefficient (Wildman–Crippen LogP) is 4.07. The number of aromatic nitrogens is 3. The first kappa shape index (κ1) is 13.7. The van der Waals surface area contributed by atoms with Gasteiger partial charge in [0.05, 0.1) is 22.5 Å². The van der Waals surface area contributed by atoms with E-state index in [0.29, 0.717) is 0 Å². The molecule has 0 spiro atoms. The first-order valence-electron chi connectivity index (χ1n) is 9.86. The summed E-state index contributed by atoms with van der Waals surface area (Å²) in [7, 11) is 0.108. The van der Waals surface area contributed by atoms with Gasteiger partial charge in [-0.3, -0.25) is 4.48 Å². The van der Waals surface area contributed by atoms with Crippen molar-refractivity contribution in [3.05, 3.63) is 78.1 Å². The molecule has 0 radical (unpaired) electrons. The minimum Gasteiger partial charge on any atom is -0.320 e. The summed E-state index contributed by atoms with van der Waals surface area (Å²) in [5, 5.41) is 2.68. The largest absolute Gasteiger partial charge is 0.643 e. The second kappa shape index (κ2) is 4.17. The average Bonchev–Trinajstić information content (AvgIpc) is 3.43. The first-order valence-corrected chi connectivity index (χ1v) is 9.86. The third kappa shape index (κ3) is 1.28. The van der Waals surface area contributed by atoms with Crippen LogP contribution in [0.4, 0.5) is 11.4 Å². The summed E-state index contributed by atoms with van der Waals surface area (Å²) in [6.45, 7) is 3.19. The van der Waals surface area contributed by atoms with Gasteiger partial charge in [0, 0.05) is 21.9 Å². The van der Waals surface area contributed by atoms with E-state index in [1.807, 2.05) is 0 Å². The highest BCUT2D eigenvalue weighted by Crippen LogP contribution is 2.50. The van der Waals surface area contributed by atoms with Gasteiger partial charge in [0.1, 0.15) is 18.9 Å². The van der Waals surface area contributed by atoms with E-state index < -0.39 is 0 Å².